The van der Waals surface area contributed by atoms with E-state index in [1.807, 2.05) is 13.8 Å². The minimum absolute atomic E-state index is 0.0288. The molecule has 0 saturated carbocycles. The first-order chi connectivity index (χ1) is 10.4. The molecule has 0 saturated heterocycles. The van der Waals surface area contributed by atoms with Crippen molar-refractivity contribution in [2.75, 3.05) is 17.6 Å². The molecule has 0 unspecified atom stereocenters. The molecule has 22 heavy (non-hydrogen) atoms. The van der Waals surface area contributed by atoms with Crippen LogP contribution in [0.4, 0.5) is 16.3 Å². The molecule has 0 bridgehead atoms. The lowest BCUT2D eigenvalue weighted by Crippen LogP contribution is -2.18. The summed E-state index contributed by atoms with van der Waals surface area (Å²) in [6, 6.07) is 2.11. The normalized spacial score (nSPS) is 10.8. The predicted molar refractivity (Wildman–Crippen MR) is 90.9 cm³/mol. The van der Waals surface area contributed by atoms with E-state index in [4.69, 9.17) is 5.73 Å². The molecule has 0 radical (unpaired) electrons. The highest BCUT2D eigenvalue weighted by Crippen LogP contribution is 2.21. The Hall–Kier alpha value is -1.76. The number of aromatic nitrogens is 3. The molecular formula is C15H24FN5S. The quantitative estimate of drug-likeness (QED) is 0.790. The van der Waals surface area contributed by atoms with E-state index in [0.29, 0.717) is 12.5 Å². The lowest BCUT2D eigenvalue weighted by molar-refractivity contribution is 0.206. The molecule has 0 aliphatic carbocycles. The summed E-state index contributed by atoms with van der Waals surface area (Å²) in [5.41, 5.74) is 5.25. The molecule has 2 aromatic rings. The highest BCUT2D eigenvalue weighted by molar-refractivity contribution is 7.07. The molecule has 7 heteroatoms. The number of nitrogens with two attached hydrogens (primary N) is 1. The Morgan fingerprint density at radius 3 is 2.59 bits per heavy atom. The molecule has 2 aromatic heterocycles. The van der Waals surface area contributed by atoms with Crippen molar-refractivity contribution in [2.24, 2.45) is 0 Å². The number of halogens is 1. The van der Waals surface area contributed by atoms with Crippen LogP contribution in [-0.2, 0) is 12.1 Å². The molecule has 2 heterocycles. The molecule has 3 N–H and O–H groups in total. The number of nitrogens with zero attached hydrogens (tertiary/aromatic N) is 3. The second-order valence-electron chi connectivity index (χ2n) is 4.98. The van der Waals surface area contributed by atoms with E-state index >= 15 is 0 Å². The number of hydrogen-bond donors (Lipinski definition) is 2. The summed E-state index contributed by atoms with van der Waals surface area (Å²) in [4.78, 5) is 11.8. The largest absolute Gasteiger partial charge is 0.368 e. The van der Waals surface area contributed by atoms with Crippen LogP contribution in [0.3, 0.4) is 0 Å². The van der Waals surface area contributed by atoms with E-state index in [1.54, 1.807) is 11.3 Å². The third-order valence-electron chi connectivity index (χ3n) is 2.69. The van der Waals surface area contributed by atoms with Gasteiger partial charge in [-0.05, 0) is 49.1 Å². The maximum absolute atomic E-state index is 13.8. The molecule has 0 amide bonds. The summed E-state index contributed by atoms with van der Waals surface area (Å²) in [7, 11) is 0. The number of nitrogen functional groups attached to an aromatic ring is 1. The number of aryl methyl sites for hydroxylation is 1. The van der Waals surface area contributed by atoms with Crippen LogP contribution in [0.25, 0.3) is 0 Å². The van der Waals surface area contributed by atoms with Crippen LogP contribution in [0, 0.1) is 0 Å². The van der Waals surface area contributed by atoms with E-state index in [0.717, 1.165) is 12.8 Å². The number of nitrogens with one attached hydrogen (secondary N) is 1. The van der Waals surface area contributed by atoms with Crippen LogP contribution in [0.15, 0.2) is 16.8 Å². The van der Waals surface area contributed by atoms with Crippen molar-refractivity contribution in [3.8, 4) is 0 Å². The van der Waals surface area contributed by atoms with Gasteiger partial charge in [0, 0.05) is 6.54 Å². The molecule has 0 spiro atoms. The van der Waals surface area contributed by atoms with Gasteiger partial charge in [-0.2, -0.15) is 26.3 Å². The zero-order valence-corrected chi connectivity index (χ0v) is 14.4. The van der Waals surface area contributed by atoms with Gasteiger partial charge in [0.15, 0.2) is 11.5 Å². The lowest BCUT2D eigenvalue weighted by atomic mass is 10.1. The second kappa shape index (κ2) is 8.63. The average molecular weight is 325 g/mol. The van der Waals surface area contributed by atoms with Crippen LogP contribution in [-0.4, -0.2) is 21.5 Å². The second-order valence-corrected chi connectivity index (χ2v) is 5.76. The summed E-state index contributed by atoms with van der Waals surface area (Å²) in [5, 5.41) is 7.25. The number of hydrogen-bond acceptors (Lipinski definition) is 6. The molecule has 2 rings (SSSR count). The van der Waals surface area contributed by atoms with Gasteiger partial charge in [0.25, 0.3) is 0 Å². The van der Waals surface area contributed by atoms with E-state index in [9.17, 15) is 4.39 Å². The Morgan fingerprint density at radius 2 is 2.00 bits per heavy atom. The van der Waals surface area contributed by atoms with E-state index in [-0.39, 0.29) is 11.8 Å². The van der Waals surface area contributed by atoms with Gasteiger partial charge in [0.1, 0.15) is 0 Å². The Labute approximate surface area is 135 Å². The van der Waals surface area contributed by atoms with Gasteiger partial charge in [-0.1, -0.05) is 13.8 Å². The number of rotatable bonds is 6. The van der Waals surface area contributed by atoms with Gasteiger partial charge >= 0.3 is 0 Å². The van der Waals surface area contributed by atoms with Crippen molar-refractivity contribution in [3.63, 3.8) is 0 Å². The minimum atomic E-state index is -1.63. The smallest absolute Gasteiger partial charge is 0.227 e. The Kier molecular flexibility index (Phi) is 7.17. The fourth-order valence-electron chi connectivity index (χ4n) is 1.66. The fourth-order valence-corrected chi connectivity index (χ4v) is 2.37. The molecule has 0 aliphatic heterocycles. The topological polar surface area (TPSA) is 76.7 Å². The minimum Gasteiger partial charge on any atom is -0.368 e. The Balaban J connectivity index is 0.00000116. The summed E-state index contributed by atoms with van der Waals surface area (Å²) in [5.74, 6) is 0.398. The summed E-state index contributed by atoms with van der Waals surface area (Å²) in [6.07, 6.45) is 1.93. The Bertz CT molecular complexity index is 552. The zero-order valence-electron chi connectivity index (χ0n) is 13.6. The highest BCUT2D eigenvalue weighted by atomic mass is 32.1. The van der Waals surface area contributed by atoms with Crippen LogP contribution in [0.5, 0.6) is 0 Å². The van der Waals surface area contributed by atoms with E-state index in [2.05, 4.69) is 37.1 Å². The zero-order chi connectivity index (χ0) is 16.6. The number of alkyl halides is 1. The third kappa shape index (κ3) is 5.93. The van der Waals surface area contributed by atoms with Crippen LogP contribution >= 0.6 is 11.3 Å². The van der Waals surface area contributed by atoms with Crippen molar-refractivity contribution >= 4 is 23.2 Å². The SMILES string of the molecule is CC.CC(C)(F)c1nc(N)nc(NCCCc2ccsc2)n1. The number of thiophene rings is 1. The van der Waals surface area contributed by atoms with E-state index < -0.39 is 5.67 Å². The van der Waals surface area contributed by atoms with Crippen LogP contribution in [0.2, 0.25) is 0 Å². The molecule has 122 valence electrons. The van der Waals surface area contributed by atoms with Crippen molar-refractivity contribution in [1.29, 1.82) is 0 Å². The predicted octanol–water partition coefficient (Wildman–Crippen LogP) is 3.79. The highest BCUT2D eigenvalue weighted by Gasteiger charge is 2.24. The molecular weight excluding hydrogens is 301 g/mol. The summed E-state index contributed by atoms with van der Waals surface area (Å²) < 4.78 is 13.8. The molecule has 5 nitrogen and oxygen atoms in total. The maximum Gasteiger partial charge on any atom is 0.227 e. The third-order valence-corrected chi connectivity index (χ3v) is 3.42. The average Bonchev–Trinajstić information content (AvgIpc) is 2.97. The van der Waals surface area contributed by atoms with Crippen LogP contribution < -0.4 is 11.1 Å². The number of anilines is 2. The molecule has 0 atom stereocenters. The van der Waals surface area contributed by atoms with Crippen molar-refractivity contribution < 1.29 is 4.39 Å². The molecule has 0 fully saturated rings. The standard InChI is InChI=1S/C13H18FN5S.C2H6/c1-13(2,14)10-17-11(15)19-12(18-10)16-6-3-4-9-5-7-20-8-9;1-2/h5,7-8H,3-4,6H2,1-2H3,(H3,15,16,17,18,19);1-2H3. The van der Waals surface area contributed by atoms with Gasteiger partial charge in [-0.15, -0.1) is 0 Å². The Morgan fingerprint density at radius 1 is 1.27 bits per heavy atom. The summed E-state index contributed by atoms with van der Waals surface area (Å²) >= 11 is 1.69. The van der Waals surface area contributed by atoms with E-state index in [1.165, 1.54) is 19.4 Å². The van der Waals surface area contributed by atoms with Crippen molar-refractivity contribution in [1.82, 2.24) is 15.0 Å². The first-order valence-corrected chi connectivity index (χ1v) is 8.35. The monoisotopic (exact) mass is 325 g/mol. The maximum atomic E-state index is 13.8. The fraction of sp³-hybridized carbons (Fsp3) is 0.533. The lowest BCUT2D eigenvalue weighted by Gasteiger charge is -2.13. The van der Waals surface area contributed by atoms with Gasteiger partial charge in [0.05, 0.1) is 0 Å². The van der Waals surface area contributed by atoms with Crippen LogP contribution in [0.1, 0.15) is 45.5 Å². The van der Waals surface area contributed by atoms with Gasteiger partial charge in [0.2, 0.25) is 11.9 Å². The first-order valence-electron chi connectivity index (χ1n) is 7.41. The van der Waals surface area contributed by atoms with Gasteiger partial charge in [-0.3, -0.25) is 0 Å². The molecule has 0 aliphatic rings. The van der Waals surface area contributed by atoms with Gasteiger partial charge < -0.3 is 11.1 Å². The molecule has 0 aromatic carbocycles. The van der Waals surface area contributed by atoms with Crippen molar-refractivity contribution in [2.45, 2.75) is 46.2 Å². The first kappa shape index (κ1) is 18.3. The van der Waals surface area contributed by atoms with Crippen molar-refractivity contribution in [3.05, 3.63) is 28.2 Å². The van der Waals surface area contributed by atoms with Gasteiger partial charge in [-0.25, -0.2) is 4.39 Å². The summed E-state index contributed by atoms with van der Waals surface area (Å²) in [6.45, 7) is 7.48.